The molecule has 1 rings (SSSR count). The highest BCUT2D eigenvalue weighted by molar-refractivity contribution is 7.88. The second kappa shape index (κ2) is 5.87. The molecule has 0 radical (unpaired) electrons. The van der Waals surface area contributed by atoms with Gasteiger partial charge in [-0.1, -0.05) is 11.6 Å². The van der Waals surface area contributed by atoms with E-state index in [4.69, 9.17) is 10.9 Å². The lowest BCUT2D eigenvalue weighted by Crippen LogP contribution is -2.48. The van der Waals surface area contributed by atoms with Crippen molar-refractivity contribution in [3.63, 3.8) is 0 Å². The van der Waals surface area contributed by atoms with E-state index in [1.54, 1.807) is 4.72 Å². The number of rotatable bonds is 4. The SMILES string of the molecule is COC(=O)NS(=O)(=O)NC1CCCC1C(N)=NO. The highest BCUT2D eigenvalue weighted by atomic mass is 32.2. The van der Waals surface area contributed by atoms with Crippen molar-refractivity contribution in [2.75, 3.05) is 7.11 Å². The molecule has 1 fully saturated rings. The van der Waals surface area contributed by atoms with Crippen LogP contribution in [0.25, 0.3) is 0 Å². The van der Waals surface area contributed by atoms with Crippen molar-refractivity contribution in [2.45, 2.75) is 25.3 Å². The molecule has 0 aromatic carbocycles. The Bertz CT molecular complexity index is 435. The van der Waals surface area contributed by atoms with Crippen LogP contribution in [0.15, 0.2) is 5.16 Å². The Labute approximate surface area is 105 Å². The van der Waals surface area contributed by atoms with Gasteiger partial charge in [-0.15, -0.1) is 0 Å². The Balaban J connectivity index is 2.69. The molecule has 0 aromatic rings. The van der Waals surface area contributed by atoms with Crippen LogP contribution in [0.5, 0.6) is 0 Å². The lowest BCUT2D eigenvalue weighted by atomic mass is 10.0. The molecule has 2 atom stereocenters. The van der Waals surface area contributed by atoms with E-state index < -0.39 is 22.3 Å². The minimum atomic E-state index is -4.02. The van der Waals surface area contributed by atoms with Gasteiger partial charge in [0.15, 0.2) is 0 Å². The maximum absolute atomic E-state index is 11.5. The number of carbonyl (C=O) groups is 1. The predicted molar refractivity (Wildman–Crippen MR) is 62.1 cm³/mol. The van der Waals surface area contributed by atoms with Gasteiger partial charge in [-0.05, 0) is 12.8 Å². The molecule has 0 aromatic heterocycles. The van der Waals surface area contributed by atoms with Crippen LogP contribution in [0, 0.1) is 5.92 Å². The number of nitrogens with one attached hydrogen (secondary N) is 2. The second-order valence-electron chi connectivity index (χ2n) is 3.88. The molecule has 0 spiro atoms. The van der Waals surface area contributed by atoms with E-state index in [2.05, 4.69) is 14.6 Å². The summed E-state index contributed by atoms with van der Waals surface area (Å²) in [6.45, 7) is 0. The molecular weight excluding hydrogens is 264 g/mol. The first-order valence-electron chi connectivity index (χ1n) is 5.25. The van der Waals surface area contributed by atoms with Crippen LogP contribution in [-0.2, 0) is 14.9 Å². The Kier molecular flexibility index (Phi) is 4.73. The molecule has 18 heavy (non-hydrogen) atoms. The largest absolute Gasteiger partial charge is 0.452 e. The summed E-state index contributed by atoms with van der Waals surface area (Å²) in [7, 11) is -2.96. The van der Waals surface area contributed by atoms with Crippen LogP contribution < -0.4 is 15.2 Å². The maximum atomic E-state index is 11.5. The number of oxime groups is 1. The van der Waals surface area contributed by atoms with Gasteiger partial charge in [0, 0.05) is 12.0 Å². The van der Waals surface area contributed by atoms with Crippen LogP contribution in [0.1, 0.15) is 19.3 Å². The van der Waals surface area contributed by atoms with E-state index in [1.807, 2.05) is 0 Å². The molecule has 0 bridgehead atoms. The van der Waals surface area contributed by atoms with Crippen molar-refractivity contribution >= 4 is 22.1 Å². The Morgan fingerprint density at radius 2 is 2.17 bits per heavy atom. The van der Waals surface area contributed by atoms with Gasteiger partial charge in [0.25, 0.3) is 0 Å². The van der Waals surface area contributed by atoms with Crippen LogP contribution >= 0.6 is 0 Å². The zero-order valence-corrected chi connectivity index (χ0v) is 10.6. The van der Waals surface area contributed by atoms with Gasteiger partial charge < -0.3 is 15.7 Å². The Morgan fingerprint density at radius 3 is 2.72 bits per heavy atom. The molecule has 5 N–H and O–H groups in total. The van der Waals surface area contributed by atoms with Crippen molar-refractivity contribution in [1.82, 2.24) is 9.44 Å². The molecule has 0 heterocycles. The standard InChI is InChI=1S/C8H16N4O5S/c1-17-8(13)12-18(15,16)11-6-4-2-3-5(6)7(9)10-14/h5-6,11,14H,2-4H2,1H3,(H2,9,10)(H,12,13). The molecule has 1 amide bonds. The second-order valence-corrected chi connectivity index (χ2v) is 5.33. The molecule has 104 valence electrons. The summed E-state index contributed by atoms with van der Waals surface area (Å²) in [6.07, 6.45) is 0.817. The number of carbonyl (C=O) groups excluding carboxylic acids is 1. The number of amidine groups is 1. The summed E-state index contributed by atoms with van der Waals surface area (Å²) in [5, 5.41) is 11.5. The molecule has 9 nitrogen and oxygen atoms in total. The molecule has 1 aliphatic rings. The first-order valence-corrected chi connectivity index (χ1v) is 6.73. The number of nitrogens with two attached hydrogens (primary N) is 1. The molecule has 10 heteroatoms. The fourth-order valence-electron chi connectivity index (χ4n) is 1.91. The smallest absolute Gasteiger partial charge is 0.421 e. The average molecular weight is 280 g/mol. The third-order valence-corrected chi connectivity index (χ3v) is 3.77. The summed E-state index contributed by atoms with van der Waals surface area (Å²) in [6, 6.07) is -0.511. The number of methoxy groups -OCH3 is 1. The lowest BCUT2D eigenvalue weighted by molar-refractivity contribution is 0.177. The van der Waals surface area contributed by atoms with Crippen molar-refractivity contribution in [1.29, 1.82) is 0 Å². The summed E-state index contributed by atoms with van der Waals surface area (Å²) in [5.74, 6) is -0.414. The normalized spacial score (nSPS) is 24.8. The van der Waals surface area contributed by atoms with E-state index in [1.165, 1.54) is 0 Å². The van der Waals surface area contributed by atoms with Gasteiger partial charge in [-0.2, -0.15) is 13.1 Å². The zero-order chi connectivity index (χ0) is 13.8. The van der Waals surface area contributed by atoms with Gasteiger partial charge in [0.05, 0.1) is 7.11 Å². The van der Waals surface area contributed by atoms with Crippen molar-refractivity contribution in [2.24, 2.45) is 16.8 Å². The number of hydrogen-bond acceptors (Lipinski definition) is 6. The van der Waals surface area contributed by atoms with E-state index in [0.29, 0.717) is 12.8 Å². The molecule has 2 unspecified atom stereocenters. The third kappa shape index (κ3) is 3.74. The maximum Gasteiger partial charge on any atom is 0.421 e. The van der Waals surface area contributed by atoms with Crippen LogP contribution in [0.3, 0.4) is 0 Å². The van der Waals surface area contributed by atoms with Gasteiger partial charge in [0.2, 0.25) is 0 Å². The summed E-state index contributed by atoms with van der Waals surface area (Å²) in [4.78, 5) is 10.8. The summed E-state index contributed by atoms with van der Waals surface area (Å²) < 4.78 is 31.2. The molecule has 1 aliphatic carbocycles. The molecule has 0 saturated heterocycles. The minimum Gasteiger partial charge on any atom is -0.452 e. The monoisotopic (exact) mass is 280 g/mol. The van der Waals surface area contributed by atoms with E-state index in [9.17, 15) is 13.2 Å². The van der Waals surface area contributed by atoms with Crippen LogP contribution in [0.4, 0.5) is 4.79 Å². The third-order valence-electron chi connectivity index (χ3n) is 2.72. The highest BCUT2D eigenvalue weighted by Crippen LogP contribution is 2.26. The van der Waals surface area contributed by atoms with Gasteiger partial charge >= 0.3 is 16.3 Å². The number of nitrogens with zero attached hydrogens (tertiary/aromatic N) is 1. The fourth-order valence-corrected chi connectivity index (χ4v) is 2.95. The first kappa shape index (κ1) is 14.5. The summed E-state index contributed by atoms with van der Waals surface area (Å²) >= 11 is 0. The Hall–Kier alpha value is -1.55. The quantitative estimate of drug-likeness (QED) is 0.227. The molecule has 1 saturated carbocycles. The fraction of sp³-hybridized carbons (Fsp3) is 0.750. The molecule has 0 aliphatic heterocycles. The number of amides is 1. The van der Waals surface area contributed by atoms with E-state index in [-0.39, 0.29) is 11.8 Å². The lowest BCUT2D eigenvalue weighted by Gasteiger charge is -2.19. The van der Waals surface area contributed by atoms with Gasteiger partial charge in [0.1, 0.15) is 5.84 Å². The van der Waals surface area contributed by atoms with Crippen molar-refractivity contribution < 1.29 is 23.2 Å². The average Bonchev–Trinajstić information content (AvgIpc) is 2.74. The number of hydrogen-bond donors (Lipinski definition) is 4. The van der Waals surface area contributed by atoms with Crippen molar-refractivity contribution in [3.8, 4) is 0 Å². The molecular formula is C8H16N4O5S. The number of ether oxygens (including phenoxy) is 1. The zero-order valence-electron chi connectivity index (χ0n) is 9.79. The van der Waals surface area contributed by atoms with Crippen LogP contribution in [-0.4, -0.2) is 38.7 Å². The van der Waals surface area contributed by atoms with Gasteiger partial charge in [-0.25, -0.2) is 9.52 Å². The van der Waals surface area contributed by atoms with Crippen LogP contribution in [0.2, 0.25) is 0 Å². The van der Waals surface area contributed by atoms with E-state index in [0.717, 1.165) is 13.5 Å². The topological polar surface area (TPSA) is 143 Å². The van der Waals surface area contributed by atoms with Gasteiger partial charge in [-0.3, -0.25) is 0 Å². The first-order chi connectivity index (χ1) is 8.39. The van der Waals surface area contributed by atoms with E-state index >= 15 is 0 Å². The Morgan fingerprint density at radius 1 is 1.50 bits per heavy atom. The van der Waals surface area contributed by atoms with Crippen molar-refractivity contribution in [3.05, 3.63) is 0 Å². The predicted octanol–water partition coefficient (Wildman–Crippen LogP) is -0.908. The summed E-state index contributed by atoms with van der Waals surface area (Å²) in [5.41, 5.74) is 5.47. The highest BCUT2D eigenvalue weighted by Gasteiger charge is 2.34. The minimum absolute atomic E-state index is 0.0294.